The van der Waals surface area contributed by atoms with Gasteiger partial charge in [0.2, 0.25) is 5.91 Å². The molecule has 0 unspecified atom stereocenters. The van der Waals surface area contributed by atoms with Gasteiger partial charge in [-0.1, -0.05) is 24.3 Å². The topological polar surface area (TPSA) is 105 Å². The van der Waals surface area contributed by atoms with Crippen molar-refractivity contribution in [3.8, 4) is 11.5 Å². The minimum absolute atomic E-state index is 0.0131. The van der Waals surface area contributed by atoms with Gasteiger partial charge in [0.05, 0.1) is 29.3 Å². The van der Waals surface area contributed by atoms with Crippen LogP contribution in [0.5, 0.6) is 11.5 Å². The number of para-hydroxylation sites is 2. The zero-order valence-corrected chi connectivity index (χ0v) is 14.8. The second kappa shape index (κ2) is 8.15. The fourth-order valence-corrected chi connectivity index (χ4v) is 2.47. The highest BCUT2D eigenvalue weighted by atomic mass is 16.6. The van der Waals surface area contributed by atoms with E-state index in [0.717, 1.165) is 0 Å². The van der Waals surface area contributed by atoms with Crippen molar-refractivity contribution < 1.29 is 19.2 Å². The van der Waals surface area contributed by atoms with Crippen molar-refractivity contribution >= 4 is 23.2 Å². The minimum Gasteiger partial charge on any atom is -0.493 e. The molecule has 0 spiro atoms. The molecule has 2 N–H and O–H groups in total. The van der Waals surface area contributed by atoms with Gasteiger partial charge in [-0.05, 0) is 32.1 Å². The zero-order valence-electron chi connectivity index (χ0n) is 14.8. The van der Waals surface area contributed by atoms with E-state index < -0.39 is 10.8 Å². The first-order valence-corrected chi connectivity index (χ1v) is 7.94. The van der Waals surface area contributed by atoms with Crippen molar-refractivity contribution in [1.29, 1.82) is 0 Å². The van der Waals surface area contributed by atoms with E-state index in [1.54, 1.807) is 24.3 Å². The van der Waals surface area contributed by atoms with Crippen molar-refractivity contribution in [3.63, 3.8) is 0 Å². The van der Waals surface area contributed by atoms with Crippen LogP contribution in [0, 0.1) is 10.1 Å². The molecule has 26 heavy (non-hydrogen) atoms. The molecule has 0 saturated carbocycles. The van der Waals surface area contributed by atoms with Gasteiger partial charge in [0.15, 0.2) is 11.5 Å². The number of carbonyl (C=O) groups excluding carboxylic acids is 1. The van der Waals surface area contributed by atoms with E-state index in [4.69, 9.17) is 15.2 Å². The Balaban J connectivity index is 2.69. The van der Waals surface area contributed by atoms with Crippen LogP contribution in [0.4, 0.5) is 5.69 Å². The molecule has 0 saturated heterocycles. The molecule has 2 rings (SSSR count). The molecule has 0 atom stereocenters. The second-order valence-corrected chi connectivity index (χ2v) is 5.74. The van der Waals surface area contributed by atoms with Gasteiger partial charge in [0, 0.05) is 11.6 Å². The van der Waals surface area contributed by atoms with Crippen LogP contribution in [0.3, 0.4) is 0 Å². The maximum Gasteiger partial charge on any atom is 0.277 e. The Bertz CT molecular complexity index is 859. The Labute approximate surface area is 151 Å². The third-order valence-electron chi connectivity index (χ3n) is 3.54. The number of ether oxygens (including phenoxy) is 2. The number of nitro groups is 1. The van der Waals surface area contributed by atoms with Crippen molar-refractivity contribution in [1.82, 2.24) is 0 Å². The number of nitrogens with zero attached hydrogens (tertiary/aromatic N) is 1. The summed E-state index contributed by atoms with van der Waals surface area (Å²) in [6.45, 7) is 3.72. The van der Waals surface area contributed by atoms with E-state index in [1.807, 2.05) is 13.8 Å². The molecule has 0 aromatic heterocycles. The van der Waals surface area contributed by atoms with E-state index in [9.17, 15) is 14.9 Å². The summed E-state index contributed by atoms with van der Waals surface area (Å²) in [5.74, 6) is 0.138. The molecule has 0 bridgehead atoms. The summed E-state index contributed by atoms with van der Waals surface area (Å²) >= 11 is 0. The number of rotatable bonds is 7. The van der Waals surface area contributed by atoms with Gasteiger partial charge in [0.25, 0.3) is 5.69 Å². The number of hydrogen-bond donors (Lipinski definition) is 1. The molecular formula is C19H20N2O5. The van der Waals surface area contributed by atoms with Crippen LogP contribution >= 0.6 is 0 Å². The minimum atomic E-state index is -0.780. The number of nitro benzene ring substituents is 1. The predicted molar refractivity (Wildman–Crippen MR) is 98.9 cm³/mol. The smallest absolute Gasteiger partial charge is 0.277 e. The molecule has 136 valence electrons. The summed E-state index contributed by atoms with van der Waals surface area (Å²) in [5, 5.41) is 11.3. The van der Waals surface area contributed by atoms with Gasteiger partial charge in [-0.2, -0.15) is 0 Å². The Morgan fingerprint density at radius 2 is 1.88 bits per heavy atom. The predicted octanol–water partition coefficient (Wildman–Crippen LogP) is 3.42. The standard InChI is InChI=1S/C19H20N2O5/c1-12(2)26-18-13(7-6-10-17(18)25-3)11-15(19(20)22)14-8-4-5-9-16(14)21(23)24/h4-12H,1-3H3,(H2,20,22). The van der Waals surface area contributed by atoms with Gasteiger partial charge < -0.3 is 15.2 Å². The lowest BCUT2D eigenvalue weighted by Crippen LogP contribution is -2.14. The van der Waals surface area contributed by atoms with Crippen molar-refractivity contribution in [2.45, 2.75) is 20.0 Å². The number of amides is 1. The van der Waals surface area contributed by atoms with Crippen molar-refractivity contribution in [2.24, 2.45) is 5.73 Å². The monoisotopic (exact) mass is 356 g/mol. The highest BCUT2D eigenvalue weighted by Crippen LogP contribution is 2.35. The first-order valence-electron chi connectivity index (χ1n) is 7.94. The number of hydrogen-bond acceptors (Lipinski definition) is 5. The summed E-state index contributed by atoms with van der Waals surface area (Å²) in [6.07, 6.45) is 1.34. The van der Waals surface area contributed by atoms with Gasteiger partial charge in [-0.25, -0.2) is 0 Å². The third kappa shape index (κ3) is 4.18. The molecule has 0 aliphatic rings. The van der Waals surface area contributed by atoms with Crippen LogP contribution in [0.1, 0.15) is 25.0 Å². The molecule has 1 amide bonds. The summed E-state index contributed by atoms with van der Waals surface area (Å²) in [4.78, 5) is 22.8. The lowest BCUT2D eigenvalue weighted by molar-refractivity contribution is -0.385. The number of primary amides is 1. The lowest BCUT2D eigenvalue weighted by Gasteiger charge is -2.16. The highest BCUT2D eigenvalue weighted by molar-refractivity contribution is 6.24. The molecule has 7 nitrogen and oxygen atoms in total. The largest absolute Gasteiger partial charge is 0.493 e. The van der Waals surface area contributed by atoms with Gasteiger partial charge in [0.1, 0.15) is 0 Å². The average Bonchev–Trinajstić information content (AvgIpc) is 2.59. The van der Waals surface area contributed by atoms with Crippen LogP contribution in [0.15, 0.2) is 42.5 Å². The third-order valence-corrected chi connectivity index (χ3v) is 3.54. The Morgan fingerprint density at radius 1 is 1.19 bits per heavy atom. The van der Waals surface area contributed by atoms with E-state index in [-0.39, 0.29) is 22.9 Å². The SMILES string of the molecule is COc1cccc(C=C(C(N)=O)c2ccccc2[N+](=O)[O-])c1OC(C)C. The lowest BCUT2D eigenvalue weighted by atomic mass is 10.00. The Kier molecular flexibility index (Phi) is 5.95. The molecular weight excluding hydrogens is 336 g/mol. The zero-order chi connectivity index (χ0) is 19.3. The quantitative estimate of drug-likeness (QED) is 0.354. The van der Waals surface area contributed by atoms with Crippen molar-refractivity contribution in [2.75, 3.05) is 7.11 Å². The number of benzene rings is 2. The van der Waals surface area contributed by atoms with Gasteiger partial charge >= 0.3 is 0 Å². The summed E-state index contributed by atoms with van der Waals surface area (Å²) in [5.41, 5.74) is 5.99. The molecule has 0 heterocycles. The summed E-state index contributed by atoms with van der Waals surface area (Å²) in [6, 6.07) is 11.1. The Morgan fingerprint density at radius 3 is 2.46 bits per heavy atom. The van der Waals surface area contributed by atoms with Gasteiger partial charge in [-0.15, -0.1) is 0 Å². The Hall–Kier alpha value is -3.35. The van der Waals surface area contributed by atoms with E-state index in [0.29, 0.717) is 17.1 Å². The molecule has 2 aromatic carbocycles. The molecule has 0 aliphatic carbocycles. The molecule has 0 radical (unpaired) electrons. The van der Waals surface area contributed by atoms with Crippen LogP contribution in [-0.4, -0.2) is 24.0 Å². The normalized spacial score (nSPS) is 11.3. The fourth-order valence-electron chi connectivity index (χ4n) is 2.47. The molecule has 0 fully saturated rings. The molecule has 0 aliphatic heterocycles. The van der Waals surface area contributed by atoms with E-state index >= 15 is 0 Å². The molecule has 7 heteroatoms. The number of methoxy groups -OCH3 is 1. The molecule has 2 aromatic rings. The first-order chi connectivity index (χ1) is 12.3. The average molecular weight is 356 g/mol. The summed E-state index contributed by atoms with van der Waals surface area (Å²) < 4.78 is 11.1. The number of nitrogens with two attached hydrogens (primary N) is 1. The van der Waals surface area contributed by atoms with E-state index in [1.165, 1.54) is 31.4 Å². The number of carbonyl (C=O) groups is 1. The second-order valence-electron chi connectivity index (χ2n) is 5.74. The van der Waals surface area contributed by atoms with Crippen molar-refractivity contribution in [3.05, 3.63) is 63.7 Å². The van der Waals surface area contributed by atoms with Crippen LogP contribution in [0.25, 0.3) is 11.6 Å². The first kappa shape index (κ1) is 19.0. The van der Waals surface area contributed by atoms with Crippen LogP contribution in [-0.2, 0) is 4.79 Å². The van der Waals surface area contributed by atoms with Gasteiger partial charge in [-0.3, -0.25) is 14.9 Å². The maximum atomic E-state index is 12.0. The summed E-state index contributed by atoms with van der Waals surface area (Å²) in [7, 11) is 1.51. The van der Waals surface area contributed by atoms with Crippen LogP contribution in [0.2, 0.25) is 0 Å². The van der Waals surface area contributed by atoms with E-state index in [2.05, 4.69) is 0 Å². The maximum absolute atomic E-state index is 12.0. The fraction of sp³-hybridized carbons (Fsp3) is 0.211. The van der Waals surface area contributed by atoms with Crippen LogP contribution < -0.4 is 15.2 Å². The highest BCUT2D eigenvalue weighted by Gasteiger charge is 2.21.